The Labute approximate surface area is 134 Å². The molecule has 0 atom stereocenters. The van der Waals surface area contributed by atoms with Gasteiger partial charge < -0.3 is 4.74 Å². The second-order valence-electron chi connectivity index (χ2n) is 5.05. The average Bonchev–Trinajstić information content (AvgIpc) is 2.47. The SMILES string of the molecule is C=C1COc2ccc(Cl)cc2N1S(=O)(=O)c1ccc(C)cc1. The Morgan fingerprint density at radius 2 is 1.86 bits per heavy atom. The second kappa shape index (κ2) is 5.34. The van der Waals surface area contributed by atoms with Crippen molar-refractivity contribution in [2.45, 2.75) is 11.8 Å². The number of hydrogen-bond acceptors (Lipinski definition) is 3. The van der Waals surface area contributed by atoms with Crippen LogP contribution in [0.25, 0.3) is 0 Å². The van der Waals surface area contributed by atoms with Crippen LogP contribution in [0.5, 0.6) is 5.75 Å². The fourth-order valence-electron chi connectivity index (χ4n) is 2.28. The van der Waals surface area contributed by atoms with Crippen LogP contribution in [-0.2, 0) is 10.0 Å². The highest BCUT2D eigenvalue weighted by Gasteiger charge is 2.33. The third-order valence-corrected chi connectivity index (χ3v) is 5.42. The van der Waals surface area contributed by atoms with Gasteiger partial charge in [-0.25, -0.2) is 12.7 Å². The van der Waals surface area contributed by atoms with Gasteiger partial charge in [0.15, 0.2) is 0 Å². The van der Waals surface area contributed by atoms with Crippen molar-refractivity contribution in [2.24, 2.45) is 0 Å². The summed E-state index contributed by atoms with van der Waals surface area (Å²) in [6, 6.07) is 11.6. The minimum absolute atomic E-state index is 0.111. The predicted molar refractivity (Wildman–Crippen MR) is 86.9 cm³/mol. The Bertz CT molecular complexity index is 844. The van der Waals surface area contributed by atoms with Crippen LogP contribution in [0.2, 0.25) is 5.02 Å². The first-order valence-corrected chi connectivity index (χ1v) is 8.43. The number of sulfonamides is 1. The van der Waals surface area contributed by atoms with E-state index in [1.807, 2.05) is 6.92 Å². The molecule has 0 aromatic heterocycles. The topological polar surface area (TPSA) is 46.6 Å². The van der Waals surface area contributed by atoms with Crippen LogP contribution < -0.4 is 9.04 Å². The molecule has 0 unspecified atom stereocenters. The number of nitrogens with zero attached hydrogens (tertiary/aromatic N) is 1. The lowest BCUT2D eigenvalue weighted by Crippen LogP contribution is -2.35. The van der Waals surface area contributed by atoms with Gasteiger partial charge in [0.1, 0.15) is 18.0 Å². The van der Waals surface area contributed by atoms with E-state index < -0.39 is 10.0 Å². The summed E-state index contributed by atoms with van der Waals surface area (Å²) in [6.45, 7) is 5.82. The van der Waals surface area contributed by atoms with E-state index in [2.05, 4.69) is 6.58 Å². The normalized spacial score (nSPS) is 14.5. The van der Waals surface area contributed by atoms with Gasteiger partial charge in [-0.1, -0.05) is 35.9 Å². The molecule has 1 aliphatic heterocycles. The van der Waals surface area contributed by atoms with Crippen molar-refractivity contribution in [3.8, 4) is 5.75 Å². The predicted octanol–water partition coefficient (Wildman–Crippen LogP) is 3.75. The molecule has 4 nitrogen and oxygen atoms in total. The first kappa shape index (κ1) is 14.9. The Balaban J connectivity index is 2.16. The van der Waals surface area contributed by atoms with Crippen molar-refractivity contribution < 1.29 is 13.2 Å². The number of anilines is 1. The van der Waals surface area contributed by atoms with Crippen molar-refractivity contribution >= 4 is 27.3 Å². The minimum Gasteiger partial charge on any atom is -0.485 e. The van der Waals surface area contributed by atoms with Gasteiger partial charge >= 0.3 is 0 Å². The molecule has 0 fully saturated rings. The third kappa shape index (κ3) is 2.46. The fourth-order valence-corrected chi connectivity index (χ4v) is 3.93. The van der Waals surface area contributed by atoms with Crippen LogP contribution in [0, 0.1) is 6.92 Å². The van der Waals surface area contributed by atoms with E-state index in [0.29, 0.717) is 22.2 Å². The van der Waals surface area contributed by atoms with E-state index in [1.165, 1.54) is 4.31 Å². The molecule has 2 aromatic carbocycles. The maximum absolute atomic E-state index is 12.9. The molecule has 0 saturated carbocycles. The molecule has 2 aromatic rings. The number of benzene rings is 2. The Morgan fingerprint density at radius 1 is 1.18 bits per heavy atom. The molecular weight excluding hydrogens is 322 g/mol. The van der Waals surface area contributed by atoms with Crippen molar-refractivity contribution in [3.05, 3.63) is 65.3 Å². The molecule has 1 aliphatic rings. The van der Waals surface area contributed by atoms with Gasteiger partial charge in [-0.2, -0.15) is 0 Å². The molecule has 0 N–H and O–H groups in total. The number of rotatable bonds is 2. The number of halogens is 1. The summed E-state index contributed by atoms with van der Waals surface area (Å²) in [5.74, 6) is 0.465. The van der Waals surface area contributed by atoms with E-state index in [4.69, 9.17) is 16.3 Å². The van der Waals surface area contributed by atoms with Crippen LogP contribution in [0.3, 0.4) is 0 Å². The smallest absolute Gasteiger partial charge is 0.268 e. The number of hydrogen-bond donors (Lipinski definition) is 0. The van der Waals surface area contributed by atoms with Gasteiger partial charge in [-0.15, -0.1) is 0 Å². The first-order chi connectivity index (χ1) is 10.4. The molecule has 6 heteroatoms. The summed E-state index contributed by atoms with van der Waals surface area (Å²) >= 11 is 6.00. The van der Waals surface area contributed by atoms with Crippen molar-refractivity contribution in [3.63, 3.8) is 0 Å². The summed E-state index contributed by atoms with van der Waals surface area (Å²) in [5.41, 5.74) is 1.71. The molecule has 0 bridgehead atoms. The zero-order valence-corrected chi connectivity index (χ0v) is 13.5. The summed E-state index contributed by atoms with van der Waals surface area (Å²) in [6.07, 6.45) is 0. The molecule has 0 saturated heterocycles. The Morgan fingerprint density at radius 3 is 2.55 bits per heavy atom. The van der Waals surface area contributed by atoms with E-state index in [1.54, 1.807) is 42.5 Å². The molecule has 0 aliphatic carbocycles. The Kier molecular flexibility index (Phi) is 3.62. The van der Waals surface area contributed by atoms with E-state index >= 15 is 0 Å². The first-order valence-electron chi connectivity index (χ1n) is 6.62. The van der Waals surface area contributed by atoms with E-state index in [0.717, 1.165) is 5.56 Å². The van der Waals surface area contributed by atoms with Crippen LogP contribution in [-0.4, -0.2) is 15.0 Å². The average molecular weight is 336 g/mol. The summed E-state index contributed by atoms with van der Waals surface area (Å²) in [7, 11) is -3.76. The van der Waals surface area contributed by atoms with Crippen LogP contribution >= 0.6 is 11.6 Å². The summed E-state index contributed by atoms with van der Waals surface area (Å²) in [4.78, 5) is 0.201. The van der Waals surface area contributed by atoms with Crippen LogP contribution in [0.4, 0.5) is 5.69 Å². The highest BCUT2D eigenvalue weighted by Crippen LogP contribution is 2.40. The van der Waals surface area contributed by atoms with Crippen molar-refractivity contribution in [1.82, 2.24) is 0 Å². The van der Waals surface area contributed by atoms with Crippen LogP contribution in [0.15, 0.2) is 59.6 Å². The van der Waals surface area contributed by atoms with Gasteiger partial charge in [0.2, 0.25) is 0 Å². The highest BCUT2D eigenvalue weighted by atomic mass is 35.5. The molecule has 3 rings (SSSR count). The fraction of sp³-hybridized carbons (Fsp3) is 0.125. The van der Waals surface area contributed by atoms with E-state index in [9.17, 15) is 8.42 Å². The zero-order valence-electron chi connectivity index (χ0n) is 11.9. The molecule has 0 radical (unpaired) electrons. The van der Waals surface area contributed by atoms with Crippen LogP contribution in [0.1, 0.15) is 5.56 Å². The maximum Gasteiger partial charge on any atom is 0.268 e. The van der Waals surface area contributed by atoms with Gasteiger partial charge in [0.25, 0.3) is 10.0 Å². The lowest BCUT2D eigenvalue weighted by atomic mass is 10.2. The second-order valence-corrected chi connectivity index (χ2v) is 7.27. The van der Waals surface area contributed by atoms with Gasteiger partial charge in [-0.05, 0) is 37.3 Å². The van der Waals surface area contributed by atoms with Crippen molar-refractivity contribution in [1.29, 1.82) is 0 Å². The molecule has 1 heterocycles. The molecule has 22 heavy (non-hydrogen) atoms. The highest BCUT2D eigenvalue weighted by molar-refractivity contribution is 7.93. The molecule has 0 spiro atoms. The Hall–Kier alpha value is -1.98. The lowest BCUT2D eigenvalue weighted by Gasteiger charge is -2.32. The molecule has 114 valence electrons. The largest absolute Gasteiger partial charge is 0.485 e. The molecule has 0 amide bonds. The van der Waals surface area contributed by atoms with Gasteiger partial charge in [-0.3, -0.25) is 0 Å². The quantitative estimate of drug-likeness (QED) is 0.839. The number of fused-ring (bicyclic) bond motifs is 1. The third-order valence-electron chi connectivity index (χ3n) is 3.38. The monoisotopic (exact) mass is 335 g/mol. The maximum atomic E-state index is 12.9. The lowest BCUT2D eigenvalue weighted by molar-refractivity contribution is 0.341. The standard InChI is InChI=1S/C16H14ClNO3S/c1-11-3-6-14(7-4-11)22(19,20)18-12(2)10-21-16-8-5-13(17)9-15(16)18/h3-9H,2,10H2,1H3. The van der Waals surface area contributed by atoms with E-state index in [-0.39, 0.29) is 11.5 Å². The minimum atomic E-state index is -3.76. The van der Waals surface area contributed by atoms with Gasteiger partial charge in [0, 0.05) is 5.02 Å². The molecular formula is C16H14ClNO3S. The van der Waals surface area contributed by atoms with Gasteiger partial charge in [0.05, 0.1) is 10.6 Å². The summed E-state index contributed by atoms with van der Waals surface area (Å²) in [5, 5.41) is 0.432. The number of aryl methyl sites for hydroxylation is 1. The number of ether oxygens (including phenoxy) is 1. The zero-order chi connectivity index (χ0) is 15.9. The summed E-state index contributed by atoms with van der Waals surface area (Å²) < 4.78 is 32.6. The van der Waals surface area contributed by atoms with Crippen molar-refractivity contribution in [2.75, 3.05) is 10.9 Å².